The number of fused-ring (bicyclic) bond motifs is 1. The smallest absolute Gasteiger partial charge is 0.326 e. The van der Waals surface area contributed by atoms with Crippen molar-refractivity contribution in [2.24, 2.45) is 0 Å². The minimum Gasteiger partial charge on any atom is -0.497 e. The van der Waals surface area contributed by atoms with Gasteiger partial charge in [-0.25, -0.2) is 4.79 Å². The maximum atomic E-state index is 11.5. The first-order valence-corrected chi connectivity index (χ1v) is 6.89. The summed E-state index contributed by atoms with van der Waals surface area (Å²) in [6.07, 6.45) is 0.557. The summed E-state index contributed by atoms with van der Waals surface area (Å²) in [4.78, 5) is 13.5. The molecule has 1 atom stereocenters. The monoisotopic (exact) mass is 283 g/mol. The Morgan fingerprint density at radius 2 is 1.95 bits per heavy atom. The van der Waals surface area contributed by atoms with Crippen LogP contribution >= 0.6 is 0 Å². The number of rotatable bonds is 4. The first-order chi connectivity index (χ1) is 10.2. The number of ether oxygens (including phenoxy) is 1. The van der Waals surface area contributed by atoms with E-state index in [-0.39, 0.29) is 0 Å². The second-order valence-electron chi connectivity index (χ2n) is 5.16. The molecular weight excluding hydrogens is 266 g/mol. The normalized spacial score (nSPS) is 16.6. The molecule has 0 saturated heterocycles. The van der Waals surface area contributed by atoms with Crippen LogP contribution in [0.4, 0.5) is 5.69 Å². The minimum absolute atomic E-state index is 0.496. The van der Waals surface area contributed by atoms with Crippen LogP contribution in [-0.2, 0) is 17.8 Å². The van der Waals surface area contributed by atoms with Gasteiger partial charge in [-0.3, -0.25) is 0 Å². The summed E-state index contributed by atoms with van der Waals surface area (Å²) in [6, 6.07) is 15.1. The zero-order valence-corrected chi connectivity index (χ0v) is 11.8. The minimum atomic E-state index is -0.778. The molecule has 0 spiro atoms. The molecule has 1 aliphatic heterocycles. The molecule has 2 aromatic rings. The van der Waals surface area contributed by atoms with Crippen LogP contribution in [0.5, 0.6) is 5.75 Å². The molecule has 0 radical (unpaired) electrons. The quantitative estimate of drug-likeness (QED) is 0.937. The third-order valence-electron chi connectivity index (χ3n) is 3.89. The van der Waals surface area contributed by atoms with Crippen LogP contribution in [-0.4, -0.2) is 24.2 Å². The number of carboxylic acid groups (broad SMARTS) is 1. The molecule has 1 heterocycles. The third-order valence-corrected chi connectivity index (χ3v) is 3.89. The average Bonchev–Trinajstić information content (AvgIpc) is 2.87. The van der Waals surface area contributed by atoms with E-state index in [0.29, 0.717) is 13.0 Å². The van der Waals surface area contributed by atoms with Gasteiger partial charge < -0.3 is 14.7 Å². The second-order valence-corrected chi connectivity index (χ2v) is 5.16. The van der Waals surface area contributed by atoms with Crippen molar-refractivity contribution < 1.29 is 14.6 Å². The lowest BCUT2D eigenvalue weighted by molar-refractivity contribution is -0.138. The maximum Gasteiger partial charge on any atom is 0.326 e. The zero-order valence-electron chi connectivity index (χ0n) is 11.8. The predicted octanol–water partition coefficient (Wildman–Crippen LogP) is 2.71. The number of carbonyl (C=O) groups is 1. The topological polar surface area (TPSA) is 49.8 Å². The Hall–Kier alpha value is -2.49. The zero-order chi connectivity index (χ0) is 14.8. The van der Waals surface area contributed by atoms with E-state index in [0.717, 1.165) is 22.6 Å². The predicted molar refractivity (Wildman–Crippen MR) is 80.7 cm³/mol. The Morgan fingerprint density at radius 1 is 1.24 bits per heavy atom. The van der Waals surface area contributed by atoms with Gasteiger partial charge in [0.1, 0.15) is 11.8 Å². The lowest BCUT2D eigenvalue weighted by atomic mass is 10.1. The van der Waals surface area contributed by atoms with Crippen molar-refractivity contribution in [2.75, 3.05) is 12.0 Å². The van der Waals surface area contributed by atoms with E-state index in [9.17, 15) is 9.90 Å². The molecule has 4 nitrogen and oxygen atoms in total. The molecule has 0 amide bonds. The van der Waals surface area contributed by atoms with Crippen molar-refractivity contribution in [2.45, 2.75) is 19.0 Å². The number of hydrogen-bond acceptors (Lipinski definition) is 3. The SMILES string of the molecule is COc1ccc(CN2c3ccccc3CC2C(=O)O)cc1. The summed E-state index contributed by atoms with van der Waals surface area (Å²) in [5, 5.41) is 9.45. The molecule has 1 unspecified atom stereocenters. The van der Waals surface area contributed by atoms with Gasteiger partial charge in [-0.1, -0.05) is 30.3 Å². The van der Waals surface area contributed by atoms with Crippen molar-refractivity contribution >= 4 is 11.7 Å². The Morgan fingerprint density at radius 3 is 2.62 bits per heavy atom. The van der Waals surface area contributed by atoms with Crippen LogP contribution in [0.25, 0.3) is 0 Å². The van der Waals surface area contributed by atoms with Gasteiger partial charge in [0.05, 0.1) is 7.11 Å². The van der Waals surface area contributed by atoms with E-state index in [1.54, 1.807) is 7.11 Å². The summed E-state index contributed by atoms with van der Waals surface area (Å²) >= 11 is 0. The molecule has 1 aliphatic rings. The van der Waals surface area contributed by atoms with Gasteiger partial charge in [0, 0.05) is 18.7 Å². The van der Waals surface area contributed by atoms with Crippen LogP contribution in [0.15, 0.2) is 48.5 Å². The first-order valence-electron chi connectivity index (χ1n) is 6.89. The number of aliphatic carboxylic acids is 1. The molecule has 21 heavy (non-hydrogen) atoms. The van der Waals surface area contributed by atoms with Crippen molar-refractivity contribution in [1.82, 2.24) is 0 Å². The molecule has 4 heteroatoms. The van der Waals surface area contributed by atoms with E-state index in [1.807, 2.05) is 53.4 Å². The second kappa shape index (κ2) is 5.48. The number of carboxylic acids is 1. The van der Waals surface area contributed by atoms with Crippen LogP contribution in [0.1, 0.15) is 11.1 Å². The van der Waals surface area contributed by atoms with E-state index < -0.39 is 12.0 Å². The Labute approximate surface area is 123 Å². The number of para-hydroxylation sites is 1. The van der Waals surface area contributed by atoms with Gasteiger partial charge >= 0.3 is 5.97 Å². The molecule has 0 aromatic heterocycles. The van der Waals surface area contributed by atoms with Crippen molar-refractivity contribution in [3.8, 4) is 5.75 Å². The van der Waals surface area contributed by atoms with Crippen LogP contribution in [0, 0.1) is 0 Å². The fourth-order valence-corrected chi connectivity index (χ4v) is 2.79. The molecule has 0 fully saturated rings. The molecule has 1 N–H and O–H groups in total. The first kappa shape index (κ1) is 13.5. The van der Waals surface area contributed by atoms with Crippen molar-refractivity contribution in [3.63, 3.8) is 0 Å². The molecule has 0 bridgehead atoms. The average molecular weight is 283 g/mol. The van der Waals surface area contributed by atoms with Gasteiger partial charge in [-0.05, 0) is 29.3 Å². The lowest BCUT2D eigenvalue weighted by Gasteiger charge is -2.24. The van der Waals surface area contributed by atoms with Gasteiger partial charge in [-0.2, -0.15) is 0 Å². The standard InChI is InChI=1S/C17H17NO3/c1-21-14-8-6-12(7-9-14)11-18-15-5-3-2-4-13(15)10-16(18)17(19)20/h2-9,16H,10-11H2,1H3,(H,19,20). The summed E-state index contributed by atoms with van der Waals surface area (Å²) in [7, 11) is 1.63. The van der Waals surface area contributed by atoms with Gasteiger partial charge in [0.2, 0.25) is 0 Å². The number of hydrogen-bond donors (Lipinski definition) is 1. The number of benzene rings is 2. The molecular formula is C17H17NO3. The fraction of sp³-hybridized carbons (Fsp3) is 0.235. The summed E-state index contributed by atoms with van der Waals surface area (Å²) < 4.78 is 5.15. The lowest BCUT2D eigenvalue weighted by Crippen LogP contribution is -2.38. The highest BCUT2D eigenvalue weighted by molar-refractivity contribution is 5.82. The molecule has 108 valence electrons. The fourth-order valence-electron chi connectivity index (χ4n) is 2.79. The molecule has 0 saturated carbocycles. The molecule has 3 rings (SSSR count). The summed E-state index contributed by atoms with van der Waals surface area (Å²) in [5.41, 5.74) is 3.18. The van der Waals surface area contributed by atoms with Crippen molar-refractivity contribution in [3.05, 3.63) is 59.7 Å². The number of nitrogens with zero attached hydrogens (tertiary/aromatic N) is 1. The van der Waals surface area contributed by atoms with Gasteiger partial charge in [0.15, 0.2) is 0 Å². The van der Waals surface area contributed by atoms with E-state index >= 15 is 0 Å². The highest BCUT2D eigenvalue weighted by Crippen LogP contribution is 2.33. The molecule has 0 aliphatic carbocycles. The number of anilines is 1. The van der Waals surface area contributed by atoms with Crippen LogP contribution in [0.3, 0.4) is 0 Å². The van der Waals surface area contributed by atoms with E-state index in [2.05, 4.69) is 0 Å². The number of methoxy groups -OCH3 is 1. The summed E-state index contributed by atoms with van der Waals surface area (Å²) in [6.45, 7) is 0.581. The highest BCUT2D eigenvalue weighted by atomic mass is 16.5. The third kappa shape index (κ3) is 2.57. The summed E-state index contributed by atoms with van der Waals surface area (Å²) in [5.74, 6) is 0.0232. The van der Waals surface area contributed by atoms with Gasteiger partial charge in [-0.15, -0.1) is 0 Å². The Bertz CT molecular complexity index is 651. The van der Waals surface area contributed by atoms with E-state index in [4.69, 9.17) is 4.74 Å². The van der Waals surface area contributed by atoms with E-state index in [1.165, 1.54) is 0 Å². The van der Waals surface area contributed by atoms with Crippen LogP contribution < -0.4 is 9.64 Å². The Kier molecular flexibility index (Phi) is 3.52. The largest absolute Gasteiger partial charge is 0.497 e. The maximum absolute atomic E-state index is 11.5. The Balaban J connectivity index is 1.88. The van der Waals surface area contributed by atoms with Crippen LogP contribution in [0.2, 0.25) is 0 Å². The molecule has 2 aromatic carbocycles. The van der Waals surface area contributed by atoms with Crippen molar-refractivity contribution in [1.29, 1.82) is 0 Å². The van der Waals surface area contributed by atoms with Gasteiger partial charge in [0.25, 0.3) is 0 Å². The highest BCUT2D eigenvalue weighted by Gasteiger charge is 2.33.